The summed E-state index contributed by atoms with van der Waals surface area (Å²) in [5, 5.41) is 0. The summed E-state index contributed by atoms with van der Waals surface area (Å²) in [7, 11) is 1.34. The Morgan fingerprint density at radius 2 is 1.86 bits per heavy atom. The van der Waals surface area contributed by atoms with E-state index in [1.165, 1.54) is 7.11 Å². The van der Waals surface area contributed by atoms with Gasteiger partial charge in [-0.25, -0.2) is 0 Å². The summed E-state index contributed by atoms with van der Waals surface area (Å²) in [6, 6.07) is 15.3. The number of hydrogen-bond donors (Lipinski definition) is 0. The van der Waals surface area contributed by atoms with Crippen LogP contribution in [0.5, 0.6) is 0 Å². The van der Waals surface area contributed by atoms with Crippen molar-refractivity contribution in [2.75, 3.05) is 7.11 Å². The lowest BCUT2D eigenvalue weighted by molar-refractivity contribution is -0.149. The summed E-state index contributed by atoms with van der Waals surface area (Å²) in [4.78, 5) is 25.3. The Morgan fingerprint density at radius 1 is 1.18 bits per heavy atom. The van der Waals surface area contributed by atoms with Crippen molar-refractivity contribution in [3.63, 3.8) is 0 Å². The lowest BCUT2D eigenvalue weighted by Crippen LogP contribution is -2.40. The van der Waals surface area contributed by atoms with E-state index in [1.807, 2.05) is 42.5 Å². The van der Waals surface area contributed by atoms with Gasteiger partial charge in [0.05, 0.1) is 7.11 Å². The Bertz CT molecular complexity index is 736. The monoisotopic (exact) mass is 406 g/mol. The van der Waals surface area contributed by atoms with Crippen molar-refractivity contribution in [2.24, 2.45) is 5.41 Å². The summed E-state index contributed by atoms with van der Waals surface area (Å²) >= 11 is 2.23. The van der Waals surface area contributed by atoms with Gasteiger partial charge in [0.25, 0.3) is 0 Å². The zero-order chi connectivity index (χ0) is 15.7. The molecule has 0 bridgehead atoms. The maximum atomic E-state index is 12.9. The molecule has 0 aromatic heterocycles. The highest BCUT2D eigenvalue weighted by molar-refractivity contribution is 14.1. The standard InChI is InChI=1S/C18H15IO3/c1-22-17(21)18(10-12-6-8-14(19)9-7-12)11-13-4-2-3-5-15(13)16(18)20/h2-9H,10-11H2,1H3. The average Bonchev–Trinajstić information content (AvgIpc) is 2.83. The fraction of sp³-hybridized carbons (Fsp3) is 0.222. The van der Waals surface area contributed by atoms with E-state index in [0.717, 1.165) is 14.7 Å². The van der Waals surface area contributed by atoms with Crippen molar-refractivity contribution in [1.82, 2.24) is 0 Å². The molecule has 3 rings (SSSR count). The largest absolute Gasteiger partial charge is 0.468 e. The molecule has 2 aromatic carbocycles. The van der Waals surface area contributed by atoms with Crippen molar-refractivity contribution >= 4 is 34.3 Å². The van der Waals surface area contributed by atoms with Gasteiger partial charge in [-0.15, -0.1) is 0 Å². The molecule has 0 aliphatic heterocycles. The fourth-order valence-corrected chi connectivity index (χ4v) is 3.44. The molecule has 0 saturated carbocycles. The maximum Gasteiger partial charge on any atom is 0.320 e. The third kappa shape index (κ3) is 2.45. The zero-order valence-corrected chi connectivity index (χ0v) is 14.3. The first-order valence-corrected chi connectivity index (χ1v) is 8.10. The number of carbonyl (C=O) groups excluding carboxylic acids is 2. The van der Waals surface area contributed by atoms with Crippen LogP contribution in [0.4, 0.5) is 0 Å². The second-order valence-electron chi connectivity index (χ2n) is 5.54. The highest BCUT2D eigenvalue weighted by Crippen LogP contribution is 2.40. The number of halogens is 1. The van der Waals surface area contributed by atoms with E-state index in [4.69, 9.17) is 4.74 Å². The maximum absolute atomic E-state index is 12.9. The first kappa shape index (κ1) is 15.2. The van der Waals surface area contributed by atoms with Crippen LogP contribution in [0.3, 0.4) is 0 Å². The minimum atomic E-state index is -1.13. The first-order chi connectivity index (χ1) is 10.6. The van der Waals surface area contributed by atoms with E-state index in [-0.39, 0.29) is 5.78 Å². The third-order valence-corrected chi connectivity index (χ3v) is 4.90. The quantitative estimate of drug-likeness (QED) is 0.446. The molecule has 0 N–H and O–H groups in total. The molecule has 0 heterocycles. The van der Waals surface area contributed by atoms with Gasteiger partial charge in [0.2, 0.25) is 0 Å². The van der Waals surface area contributed by atoms with Crippen LogP contribution in [0.15, 0.2) is 48.5 Å². The number of benzene rings is 2. The molecule has 0 saturated heterocycles. The Morgan fingerprint density at radius 3 is 2.50 bits per heavy atom. The van der Waals surface area contributed by atoms with Crippen molar-refractivity contribution in [2.45, 2.75) is 12.8 Å². The number of esters is 1. The second kappa shape index (κ2) is 5.83. The van der Waals surface area contributed by atoms with Crippen LogP contribution < -0.4 is 0 Å². The Hall–Kier alpha value is -1.69. The number of methoxy groups -OCH3 is 1. The Balaban J connectivity index is 2.03. The molecule has 4 heteroatoms. The van der Waals surface area contributed by atoms with Gasteiger partial charge in [0, 0.05) is 9.13 Å². The van der Waals surface area contributed by atoms with Crippen molar-refractivity contribution in [3.05, 3.63) is 68.8 Å². The predicted octanol–water partition coefficient (Wildman–Crippen LogP) is 3.43. The molecule has 1 unspecified atom stereocenters. The van der Waals surface area contributed by atoms with Gasteiger partial charge in [0.1, 0.15) is 5.41 Å². The molecular weight excluding hydrogens is 391 g/mol. The van der Waals surface area contributed by atoms with Crippen LogP contribution in [0.25, 0.3) is 0 Å². The summed E-state index contributed by atoms with van der Waals surface area (Å²) in [5.74, 6) is -0.583. The van der Waals surface area contributed by atoms with Crippen LogP contribution in [0, 0.1) is 8.99 Å². The van der Waals surface area contributed by atoms with E-state index >= 15 is 0 Å². The lowest BCUT2D eigenvalue weighted by atomic mass is 9.78. The molecule has 1 atom stereocenters. The third-order valence-electron chi connectivity index (χ3n) is 4.18. The molecule has 1 aliphatic carbocycles. The van der Waals surface area contributed by atoms with Crippen LogP contribution in [-0.4, -0.2) is 18.9 Å². The van der Waals surface area contributed by atoms with Gasteiger partial charge in [-0.2, -0.15) is 0 Å². The van der Waals surface area contributed by atoms with Gasteiger partial charge in [-0.1, -0.05) is 36.4 Å². The van der Waals surface area contributed by atoms with E-state index in [0.29, 0.717) is 18.4 Å². The number of fused-ring (bicyclic) bond motifs is 1. The predicted molar refractivity (Wildman–Crippen MR) is 91.8 cm³/mol. The van der Waals surface area contributed by atoms with E-state index < -0.39 is 11.4 Å². The summed E-state index contributed by atoms with van der Waals surface area (Å²) < 4.78 is 6.09. The van der Waals surface area contributed by atoms with Gasteiger partial charge in [0.15, 0.2) is 5.78 Å². The highest BCUT2D eigenvalue weighted by atomic mass is 127. The van der Waals surface area contributed by atoms with Crippen LogP contribution in [-0.2, 0) is 22.4 Å². The average molecular weight is 406 g/mol. The van der Waals surface area contributed by atoms with Crippen LogP contribution in [0.1, 0.15) is 21.5 Å². The number of ether oxygens (including phenoxy) is 1. The topological polar surface area (TPSA) is 43.4 Å². The van der Waals surface area contributed by atoms with E-state index in [2.05, 4.69) is 22.6 Å². The molecule has 3 nitrogen and oxygen atoms in total. The zero-order valence-electron chi connectivity index (χ0n) is 12.1. The summed E-state index contributed by atoms with van der Waals surface area (Å²) in [5.41, 5.74) is 1.39. The molecule has 0 radical (unpaired) electrons. The van der Waals surface area contributed by atoms with Crippen molar-refractivity contribution < 1.29 is 14.3 Å². The smallest absolute Gasteiger partial charge is 0.320 e. The lowest BCUT2D eigenvalue weighted by Gasteiger charge is -2.24. The molecular formula is C18H15IO3. The number of hydrogen-bond acceptors (Lipinski definition) is 3. The SMILES string of the molecule is COC(=O)C1(Cc2ccc(I)cc2)Cc2ccccc2C1=O. The van der Waals surface area contributed by atoms with E-state index in [1.54, 1.807) is 6.07 Å². The number of carbonyl (C=O) groups is 2. The number of ketones is 1. The van der Waals surface area contributed by atoms with Gasteiger partial charge in [-0.05, 0) is 58.7 Å². The van der Waals surface area contributed by atoms with Crippen molar-refractivity contribution in [3.8, 4) is 0 Å². The molecule has 112 valence electrons. The molecule has 0 amide bonds. The Labute approximate surface area is 142 Å². The number of rotatable bonds is 3. The molecule has 2 aromatic rings. The molecule has 1 aliphatic rings. The van der Waals surface area contributed by atoms with Crippen LogP contribution >= 0.6 is 22.6 Å². The summed E-state index contributed by atoms with van der Waals surface area (Å²) in [6.07, 6.45) is 0.769. The molecule has 22 heavy (non-hydrogen) atoms. The van der Waals surface area contributed by atoms with E-state index in [9.17, 15) is 9.59 Å². The van der Waals surface area contributed by atoms with Gasteiger partial charge >= 0.3 is 5.97 Å². The summed E-state index contributed by atoms with van der Waals surface area (Å²) in [6.45, 7) is 0. The molecule has 0 fully saturated rings. The normalized spacial score (nSPS) is 19.8. The number of Topliss-reactive ketones (excluding diaryl/α,β-unsaturated/α-hetero) is 1. The van der Waals surface area contributed by atoms with Gasteiger partial charge in [-0.3, -0.25) is 9.59 Å². The fourth-order valence-electron chi connectivity index (χ4n) is 3.09. The Kier molecular flexibility index (Phi) is 4.04. The first-order valence-electron chi connectivity index (χ1n) is 7.02. The van der Waals surface area contributed by atoms with Crippen LogP contribution in [0.2, 0.25) is 0 Å². The molecule has 0 spiro atoms. The minimum absolute atomic E-state index is 0.131. The van der Waals surface area contributed by atoms with Gasteiger partial charge < -0.3 is 4.74 Å². The minimum Gasteiger partial charge on any atom is -0.468 e. The van der Waals surface area contributed by atoms with Crippen molar-refractivity contribution in [1.29, 1.82) is 0 Å². The highest BCUT2D eigenvalue weighted by Gasteiger charge is 2.52. The second-order valence-corrected chi connectivity index (χ2v) is 6.79.